The van der Waals surface area contributed by atoms with Gasteiger partial charge in [-0.1, -0.05) is 11.1 Å². The Morgan fingerprint density at radius 2 is 2.00 bits per heavy atom. The van der Waals surface area contributed by atoms with Crippen LogP contribution in [0.5, 0.6) is 0 Å². The molecule has 1 rings (SSSR count). The number of sulfone groups is 1. The molecular weight excluding hydrogens is 320 g/mol. The Bertz CT molecular complexity index is 734. The fraction of sp³-hybridized carbons (Fsp3) is 0.600. The molecule has 0 aliphatic heterocycles. The van der Waals surface area contributed by atoms with Crippen molar-refractivity contribution >= 4 is 15.7 Å². The number of hydrogen-bond donors (Lipinski definition) is 2. The molecule has 0 aliphatic carbocycles. The third-order valence-corrected chi connectivity index (χ3v) is 5.40. The molecule has 1 atom stereocenters. The molecule has 0 fully saturated rings. The lowest BCUT2D eigenvalue weighted by molar-refractivity contribution is -0.131. The van der Waals surface area contributed by atoms with Crippen molar-refractivity contribution in [1.29, 1.82) is 0 Å². The lowest BCUT2D eigenvalue weighted by atomic mass is 9.98. The highest BCUT2D eigenvalue weighted by molar-refractivity contribution is 7.92. The van der Waals surface area contributed by atoms with Crippen molar-refractivity contribution in [2.24, 2.45) is 5.41 Å². The summed E-state index contributed by atoms with van der Waals surface area (Å²) in [6.45, 7) is 7.14. The summed E-state index contributed by atoms with van der Waals surface area (Å²) in [7, 11) is -3.73. The molecular formula is C15H22N2O5S. The van der Waals surface area contributed by atoms with Gasteiger partial charge >= 0.3 is 0 Å². The number of nitrogens with one attached hydrogen (secondary N) is 1. The third-order valence-electron chi connectivity index (χ3n) is 3.38. The van der Waals surface area contributed by atoms with E-state index in [1.807, 2.05) is 20.8 Å². The molecule has 1 unspecified atom stereocenters. The van der Waals surface area contributed by atoms with Gasteiger partial charge in [-0.3, -0.25) is 10.0 Å². The molecule has 7 nitrogen and oxygen atoms in total. The van der Waals surface area contributed by atoms with Gasteiger partial charge in [0.05, 0.1) is 5.69 Å². The van der Waals surface area contributed by atoms with Crippen LogP contribution < -0.4 is 5.48 Å². The highest BCUT2D eigenvalue weighted by Crippen LogP contribution is 2.23. The van der Waals surface area contributed by atoms with Gasteiger partial charge in [-0.25, -0.2) is 13.9 Å². The fourth-order valence-electron chi connectivity index (χ4n) is 1.69. The minimum atomic E-state index is -3.73. The van der Waals surface area contributed by atoms with Crippen LogP contribution in [0.3, 0.4) is 0 Å². The maximum Gasteiger partial charge on any atom is 0.264 e. The average molecular weight is 342 g/mol. The normalized spacial score (nSPS) is 14.5. The van der Waals surface area contributed by atoms with Crippen LogP contribution in [0.1, 0.15) is 45.6 Å². The zero-order valence-electron chi connectivity index (χ0n) is 13.9. The van der Waals surface area contributed by atoms with Gasteiger partial charge in [0, 0.05) is 17.7 Å². The van der Waals surface area contributed by atoms with Crippen molar-refractivity contribution in [2.75, 3.05) is 6.26 Å². The third kappa shape index (κ3) is 5.08. The zero-order chi connectivity index (χ0) is 17.9. The van der Waals surface area contributed by atoms with Crippen LogP contribution in [-0.4, -0.2) is 35.7 Å². The van der Waals surface area contributed by atoms with Gasteiger partial charge < -0.3 is 4.52 Å². The summed E-state index contributed by atoms with van der Waals surface area (Å²) < 4.78 is 27.0. The molecule has 0 bridgehead atoms. The van der Waals surface area contributed by atoms with E-state index in [1.54, 1.807) is 6.07 Å². The molecule has 23 heavy (non-hydrogen) atoms. The van der Waals surface area contributed by atoms with Crippen LogP contribution in [0.25, 0.3) is 0 Å². The summed E-state index contributed by atoms with van der Waals surface area (Å²) in [6.07, 6.45) is 1.10. The van der Waals surface area contributed by atoms with E-state index in [-0.39, 0.29) is 18.3 Å². The quantitative estimate of drug-likeness (QED) is 0.474. The van der Waals surface area contributed by atoms with Crippen LogP contribution in [0, 0.1) is 17.3 Å². The van der Waals surface area contributed by atoms with Crippen molar-refractivity contribution in [3.63, 3.8) is 0 Å². The summed E-state index contributed by atoms with van der Waals surface area (Å²) in [4.78, 5) is 11.7. The van der Waals surface area contributed by atoms with Crippen LogP contribution in [-0.2, 0) is 21.1 Å². The molecule has 1 amide bonds. The van der Waals surface area contributed by atoms with E-state index >= 15 is 0 Å². The Hall–Kier alpha value is -1.85. The van der Waals surface area contributed by atoms with Gasteiger partial charge in [0.1, 0.15) is 4.75 Å². The predicted octanol–water partition coefficient (Wildman–Crippen LogP) is 1.31. The number of carbonyl (C=O) groups excluding carboxylic acids is 1. The molecule has 8 heteroatoms. The predicted molar refractivity (Wildman–Crippen MR) is 84.3 cm³/mol. The van der Waals surface area contributed by atoms with Crippen molar-refractivity contribution in [2.45, 2.75) is 45.3 Å². The van der Waals surface area contributed by atoms with E-state index in [0.29, 0.717) is 11.5 Å². The number of aromatic nitrogens is 1. The number of rotatable bonds is 5. The van der Waals surface area contributed by atoms with Gasteiger partial charge in [-0.15, -0.1) is 0 Å². The number of aryl methyl sites for hydroxylation is 1. The Morgan fingerprint density at radius 1 is 1.39 bits per heavy atom. The second-order valence-electron chi connectivity index (χ2n) is 6.63. The molecule has 0 saturated heterocycles. The number of nitrogens with zero attached hydrogens (tertiary/aromatic N) is 1. The van der Waals surface area contributed by atoms with Gasteiger partial charge in [0.2, 0.25) is 5.76 Å². The lowest BCUT2D eigenvalue weighted by Gasteiger charge is -2.24. The van der Waals surface area contributed by atoms with Gasteiger partial charge in [0.15, 0.2) is 9.84 Å². The van der Waals surface area contributed by atoms with Crippen molar-refractivity contribution < 1.29 is 22.9 Å². The molecule has 0 aliphatic rings. The second-order valence-corrected chi connectivity index (χ2v) is 9.07. The van der Waals surface area contributed by atoms with Crippen LogP contribution in [0.2, 0.25) is 0 Å². The summed E-state index contributed by atoms with van der Waals surface area (Å²) in [5.41, 5.74) is 1.72. The van der Waals surface area contributed by atoms with E-state index < -0.39 is 20.5 Å². The molecule has 0 spiro atoms. The monoisotopic (exact) mass is 342 g/mol. The smallest absolute Gasteiger partial charge is 0.264 e. The standard InChI is InChI=1S/C15H22N2O5S/c1-14(2,3)8-7-12-10-11(17-22-12)6-9-15(4,13(18)16-19)23(5,20)21/h10,19H,6,9H2,1-5H3,(H,16,18). The largest absolute Gasteiger partial charge is 0.347 e. The summed E-state index contributed by atoms with van der Waals surface area (Å²) in [6, 6.07) is 1.61. The SMILES string of the molecule is CC(C)(C)C#Cc1cc(CCC(C)(C(=O)NO)S(C)(=O)=O)no1. The van der Waals surface area contributed by atoms with E-state index in [1.165, 1.54) is 12.4 Å². The second kappa shape index (κ2) is 6.72. The fourth-order valence-corrected chi connectivity index (χ4v) is 2.55. The van der Waals surface area contributed by atoms with Gasteiger partial charge in [-0.05, 0) is 46.5 Å². The van der Waals surface area contributed by atoms with Gasteiger partial charge in [-0.2, -0.15) is 0 Å². The Kier molecular flexibility index (Phi) is 5.61. The first-order chi connectivity index (χ1) is 10.4. The summed E-state index contributed by atoms with van der Waals surface area (Å²) in [5, 5.41) is 12.6. The van der Waals surface area contributed by atoms with Crippen LogP contribution in [0.15, 0.2) is 10.6 Å². The van der Waals surface area contributed by atoms with E-state index in [0.717, 1.165) is 6.26 Å². The van der Waals surface area contributed by atoms with Crippen molar-refractivity contribution in [3.8, 4) is 11.8 Å². The Morgan fingerprint density at radius 3 is 2.48 bits per heavy atom. The molecule has 0 aromatic carbocycles. The molecule has 0 saturated carbocycles. The highest BCUT2D eigenvalue weighted by atomic mass is 32.2. The van der Waals surface area contributed by atoms with Gasteiger partial charge in [0.25, 0.3) is 5.91 Å². The summed E-state index contributed by atoms with van der Waals surface area (Å²) in [5.74, 6) is 5.25. The van der Waals surface area contributed by atoms with E-state index in [9.17, 15) is 13.2 Å². The maximum atomic E-state index is 11.9. The lowest BCUT2D eigenvalue weighted by Crippen LogP contribution is -2.49. The number of carbonyl (C=O) groups is 1. The number of hydrogen-bond acceptors (Lipinski definition) is 6. The topological polar surface area (TPSA) is 110 Å². The maximum absolute atomic E-state index is 11.9. The Labute approximate surface area is 136 Å². The van der Waals surface area contributed by atoms with Crippen LogP contribution >= 0.6 is 0 Å². The zero-order valence-corrected chi connectivity index (χ0v) is 14.7. The van der Waals surface area contributed by atoms with E-state index in [4.69, 9.17) is 9.73 Å². The molecule has 1 heterocycles. The van der Waals surface area contributed by atoms with Crippen molar-refractivity contribution in [1.82, 2.24) is 10.6 Å². The first-order valence-corrected chi connectivity index (χ1v) is 8.91. The molecule has 1 aromatic rings. The Balaban J connectivity index is 2.90. The molecule has 1 aromatic heterocycles. The number of hydroxylamine groups is 1. The first kappa shape index (κ1) is 19.2. The minimum Gasteiger partial charge on any atom is -0.347 e. The summed E-state index contributed by atoms with van der Waals surface area (Å²) >= 11 is 0. The minimum absolute atomic E-state index is 0.0447. The first-order valence-electron chi connectivity index (χ1n) is 7.02. The molecule has 0 radical (unpaired) electrons. The molecule has 2 N–H and O–H groups in total. The van der Waals surface area contributed by atoms with Crippen molar-refractivity contribution in [3.05, 3.63) is 17.5 Å². The number of amides is 1. The average Bonchev–Trinajstić information content (AvgIpc) is 2.87. The molecule has 128 valence electrons. The highest BCUT2D eigenvalue weighted by Gasteiger charge is 2.43. The van der Waals surface area contributed by atoms with Crippen LogP contribution in [0.4, 0.5) is 0 Å². The van der Waals surface area contributed by atoms with E-state index in [2.05, 4.69) is 17.0 Å².